The Bertz CT molecular complexity index is 987. The van der Waals surface area contributed by atoms with Crippen LogP contribution in [0.1, 0.15) is 18.1 Å². The van der Waals surface area contributed by atoms with Crippen molar-refractivity contribution in [2.24, 2.45) is 0 Å². The van der Waals surface area contributed by atoms with Crippen molar-refractivity contribution >= 4 is 34.8 Å². The summed E-state index contributed by atoms with van der Waals surface area (Å²) in [4.78, 5) is 16.2. The Hall–Kier alpha value is -2.76. The zero-order chi connectivity index (χ0) is 20.8. The van der Waals surface area contributed by atoms with Crippen LogP contribution in [0.15, 0.2) is 54.9 Å². The van der Waals surface area contributed by atoms with Gasteiger partial charge in [0.05, 0.1) is 23.6 Å². The van der Waals surface area contributed by atoms with E-state index in [4.69, 9.17) is 32.7 Å². The van der Waals surface area contributed by atoms with Crippen molar-refractivity contribution in [3.63, 3.8) is 0 Å². The molecule has 1 aromatic heterocycles. The van der Waals surface area contributed by atoms with Gasteiger partial charge < -0.3 is 14.8 Å². The monoisotopic (exact) mass is 430 g/mol. The van der Waals surface area contributed by atoms with Gasteiger partial charge in [0.2, 0.25) is 5.91 Å². The number of pyridine rings is 1. The number of methoxy groups -OCH3 is 1. The maximum absolute atomic E-state index is 12.2. The SMILES string of the molecule is CCc1cc(Oc2c(Cl)cc(NC(=O)Cc3cccnc3)cc2Cl)ccc1OC. The molecule has 0 radical (unpaired) electrons. The van der Waals surface area contributed by atoms with Crippen molar-refractivity contribution < 1.29 is 14.3 Å². The van der Waals surface area contributed by atoms with E-state index in [1.54, 1.807) is 43.8 Å². The minimum atomic E-state index is -0.193. The molecule has 2 aromatic carbocycles. The number of amides is 1. The summed E-state index contributed by atoms with van der Waals surface area (Å²) in [7, 11) is 1.63. The van der Waals surface area contributed by atoms with Crippen molar-refractivity contribution in [2.75, 3.05) is 12.4 Å². The first-order chi connectivity index (χ1) is 14.0. The Morgan fingerprint density at radius 3 is 2.52 bits per heavy atom. The average Bonchev–Trinajstić information content (AvgIpc) is 2.71. The molecular formula is C22H20Cl2N2O3. The highest BCUT2D eigenvalue weighted by molar-refractivity contribution is 6.37. The van der Waals surface area contributed by atoms with Gasteiger partial charge in [-0.2, -0.15) is 0 Å². The van der Waals surface area contributed by atoms with Gasteiger partial charge in [0.15, 0.2) is 5.75 Å². The van der Waals surface area contributed by atoms with Crippen LogP contribution in [0.25, 0.3) is 0 Å². The fourth-order valence-electron chi connectivity index (χ4n) is 2.84. The number of aryl methyl sites for hydroxylation is 1. The second kappa shape index (κ2) is 9.63. The van der Waals surface area contributed by atoms with E-state index < -0.39 is 0 Å². The van der Waals surface area contributed by atoms with Gasteiger partial charge in [-0.05, 0) is 53.9 Å². The third-order valence-electron chi connectivity index (χ3n) is 4.22. The number of carbonyl (C=O) groups excluding carboxylic acids is 1. The maximum Gasteiger partial charge on any atom is 0.228 e. The predicted molar refractivity (Wildman–Crippen MR) is 115 cm³/mol. The zero-order valence-electron chi connectivity index (χ0n) is 16.0. The Balaban J connectivity index is 1.75. The van der Waals surface area contributed by atoms with E-state index in [9.17, 15) is 4.79 Å². The number of nitrogens with zero attached hydrogens (tertiary/aromatic N) is 1. The van der Waals surface area contributed by atoms with Crippen LogP contribution < -0.4 is 14.8 Å². The molecule has 1 amide bonds. The van der Waals surface area contributed by atoms with Gasteiger partial charge in [-0.15, -0.1) is 0 Å². The molecule has 7 heteroatoms. The number of anilines is 1. The number of benzene rings is 2. The normalized spacial score (nSPS) is 10.5. The standard InChI is InChI=1S/C22H20Cl2N2O3/c1-3-15-10-17(6-7-20(15)28-2)29-22-18(23)11-16(12-19(22)24)26-21(27)9-14-5-4-8-25-13-14/h4-8,10-13H,3,9H2,1-2H3,(H,26,27). The van der Waals surface area contributed by atoms with Crippen LogP contribution in [0.4, 0.5) is 5.69 Å². The first-order valence-electron chi connectivity index (χ1n) is 9.02. The molecule has 0 fully saturated rings. The van der Waals surface area contributed by atoms with Crippen LogP contribution in [0.2, 0.25) is 10.0 Å². The molecule has 5 nitrogen and oxygen atoms in total. The molecule has 0 saturated carbocycles. The zero-order valence-corrected chi connectivity index (χ0v) is 17.6. The number of aromatic nitrogens is 1. The largest absolute Gasteiger partial charge is 0.496 e. The van der Waals surface area contributed by atoms with E-state index in [1.165, 1.54) is 0 Å². The molecule has 1 heterocycles. The van der Waals surface area contributed by atoms with Crippen LogP contribution in [-0.4, -0.2) is 18.0 Å². The highest BCUT2D eigenvalue weighted by Crippen LogP contribution is 2.39. The van der Waals surface area contributed by atoms with Gasteiger partial charge in [0.25, 0.3) is 0 Å². The van der Waals surface area contributed by atoms with E-state index >= 15 is 0 Å². The van der Waals surface area contributed by atoms with Crippen LogP contribution >= 0.6 is 23.2 Å². The molecule has 0 saturated heterocycles. The lowest BCUT2D eigenvalue weighted by Gasteiger charge is -2.14. The number of carbonyl (C=O) groups is 1. The van der Waals surface area contributed by atoms with Crippen molar-refractivity contribution in [2.45, 2.75) is 19.8 Å². The quantitative estimate of drug-likeness (QED) is 0.504. The average molecular weight is 431 g/mol. The summed E-state index contributed by atoms with van der Waals surface area (Å²) in [5.74, 6) is 1.52. The number of nitrogens with one attached hydrogen (secondary N) is 1. The highest BCUT2D eigenvalue weighted by atomic mass is 35.5. The van der Waals surface area contributed by atoms with Crippen molar-refractivity contribution in [3.05, 3.63) is 76.0 Å². The molecule has 29 heavy (non-hydrogen) atoms. The smallest absolute Gasteiger partial charge is 0.228 e. The first-order valence-corrected chi connectivity index (χ1v) is 9.78. The minimum Gasteiger partial charge on any atom is -0.496 e. The lowest BCUT2D eigenvalue weighted by Crippen LogP contribution is -2.14. The third-order valence-corrected chi connectivity index (χ3v) is 4.78. The lowest BCUT2D eigenvalue weighted by atomic mass is 10.1. The van der Waals surface area contributed by atoms with Gasteiger partial charge in [0.1, 0.15) is 11.5 Å². The third kappa shape index (κ3) is 5.40. The molecule has 0 atom stereocenters. The second-order valence-corrected chi connectivity index (χ2v) is 7.10. The highest BCUT2D eigenvalue weighted by Gasteiger charge is 2.14. The summed E-state index contributed by atoms with van der Waals surface area (Å²) in [6, 6.07) is 12.3. The number of hydrogen-bond donors (Lipinski definition) is 1. The number of ether oxygens (including phenoxy) is 2. The Morgan fingerprint density at radius 1 is 1.14 bits per heavy atom. The van der Waals surface area contributed by atoms with E-state index in [2.05, 4.69) is 10.3 Å². The van der Waals surface area contributed by atoms with Gasteiger partial charge in [0, 0.05) is 18.1 Å². The minimum absolute atomic E-state index is 0.193. The van der Waals surface area contributed by atoms with Crippen LogP contribution in [0, 0.1) is 0 Å². The molecule has 0 aliphatic carbocycles. The second-order valence-electron chi connectivity index (χ2n) is 6.28. The van der Waals surface area contributed by atoms with Gasteiger partial charge in [-0.1, -0.05) is 36.2 Å². The fourth-order valence-corrected chi connectivity index (χ4v) is 3.40. The number of rotatable bonds is 7. The van der Waals surface area contributed by atoms with Crippen molar-refractivity contribution in [1.29, 1.82) is 0 Å². The molecule has 3 rings (SSSR count). The lowest BCUT2D eigenvalue weighted by molar-refractivity contribution is -0.115. The predicted octanol–water partition coefficient (Wildman–Crippen LogP) is 5.93. The molecule has 0 bridgehead atoms. The van der Waals surface area contributed by atoms with E-state index in [1.807, 2.05) is 25.1 Å². The fraction of sp³-hybridized carbons (Fsp3) is 0.182. The van der Waals surface area contributed by atoms with Crippen LogP contribution in [0.3, 0.4) is 0 Å². The van der Waals surface area contributed by atoms with E-state index in [0.29, 0.717) is 27.2 Å². The molecule has 150 valence electrons. The molecule has 0 unspecified atom stereocenters. The Morgan fingerprint density at radius 2 is 1.90 bits per heavy atom. The molecular weight excluding hydrogens is 411 g/mol. The summed E-state index contributed by atoms with van der Waals surface area (Å²) in [6.07, 6.45) is 4.30. The van der Waals surface area contributed by atoms with E-state index in [0.717, 1.165) is 23.3 Å². The molecule has 1 N–H and O–H groups in total. The topological polar surface area (TPSA) is 60.5 Å². The Kier molecular flexibility index (Phi) is 6.96. The molecule has 3 aromatic rings. The van der Waals surface area contributed by atoms with E-state index in [-0.39, 0.29) is 12.3 Å². The van der Waals surface area contributed by atoms with Gasteiger partial charge in [-0.3, -0.25) is 9.78 Å². The van der Waals surface area contributed by atoms with Crippen molar-refractivity contribution in [1.82, 2.24) is 4.98 Å². The summed E-state index contributed by atoms with van der Waals surface area (Å²) in [5, 5.41) is 3.38. The molecule has 0 aliphatic rings. The first kappa shape index (κ1) is 21.0. The van der Waals surface area contributed by atoms with Gasteiger partial charge >= 0.3 is 0 Å². The van der Waals surface area contributed by atoms with Crippen LogP contribution in [0.5, 0.6) is 17.2 Å². The van der Waals surface area contributed by atoms with Crippen LogP contribution in [-0.2, 0) is 17.6 Å². The summed E-state index contributed by atoms with van der Waals surface area (Å²) in [6.45, 7) is 2.03. The number of hydrogen-bond acceptors (Lipinski definition) is 4. The van der Waals surface area contributed by atoms with Crippen molar-refractivity contribution in [3.8, 4) is 17.2 Å². The summed E-state index contributed by atoms with van der Waals surface area (Å²) in [5.41, 5.74) is 2.31. The molecule has 0 aliphatic heterocycles. The van der Waals surface area contributed by atoms with Gasteiger partial charge in [-0.25, -0.2) is 0 Å². The summed E-state index contributed by atoms with van der Waals surface area (Å²) < 4.78 is 11.2. The maximum atomic E-state index is 12.2. The number of halogens is 2. The Labute approximate surface area is 179 Å². The summed E-state index contributed by atoms with van der Waals surface area (Å²) >= 11 is 12.7. The molecule has 0 spiro atoms.